The van der Waals surface area contributed by atoms with Gasteiger partial charge in [-0.25, -0.2) is 14.6 Å². The van der Waals surface area contributed by atoms with Crippen molar-refractivity contribution in [1.82, 2.24) is 15.2 Å². The van der Waals surface area contributed by atoms with Crippen molar-refractivity contribution in [3.63, 3.8) is 0 Å². The number of carbonyl (C=O) groups is 2. The van der Waals surface area contributed by atoms with Crippen molar-refractivity contribution in [3.05, 3.63) is 65.6 Å². The lowest BCUT2D eigenvalue weighted by atomic mass is 9.95. The number of hydrogen-bond donors (Lipinski definition) is 0. The molecule has 0 saturated heterocycles. The summed E-state index contributed by atoms with van der Waals surface area (Å²) in [5, 5.41) is 7.41. The molecule has 4 rings (SSSR count). The predicted molar refractivity (Wildman–Crippen MR) is 174 cm³/mol. The highest BCUT2D eigenvalue weighted by Gasteiger charge is 2.61. The minimum Gasteiger partial charge on any atom is -0.474 e. The second-order valence-electron chi connectivity index (χ2n) is 14.0. The molecule has 2 amide bonds. The van der Waals surface area contributed by atoms with Crippen LogP contribution in [-0.4, -0.2) is 50.9 Å². The summed E-state index contributed by atoms with van der Waals surface area (Å²) in [6.45, 7) is 9.58. The second kappa shape index (κ2) is 15.1. The van der Waals surface area contributed by atoms with Crippen LogP contribution in [0.15, 0.2) is 53.0 Å². The standard InChI is InChI=1S/C35H40F6N4O7/c1-21-15-11-8-9-14-18-33(35(39,40)41,48-20-22-16-12-10-13-17-22)28-44-43-27(50-28)25-24(19-23(34(36,37)38)26(42-25)49-21)45(29(46)51-31(2,3)4)30(47)52-32(5,6)7/h8-10,12-13,16-17,19,21H,11,14-15,18,20H2,1-7H3/b9-8+/t21-,33-/m1/s1. The van der Waals surface area contributed by atoms with Gasteiger partial charge in [0.15, 0.2) is 5.69 Å². The molecule has 11 nitrogen and oxygen atoms in total. The molecule has 0 radical (unpaired) electrons. The van der Waals surface area contributed by atoms with Crippen molar-refractivity contribution in [1.29, 1.82) is 0 Å². The summed E-state index contributed by atoms with van der Waals surface area (Å²) in [6, 6.07) is 8.37. The molecule has 0 spiro atoms. The topological polar surface area (TPSA) is 126 Å². The molecule has 1 aromatic carbocycles. The minimum absolute atomic E-state index is 0.131. The molecule has 1 aliphatic rings. The third-order valence-corrected chi connectivity index (χ3v) is 7.31. The van der Waals surface area contributed by atoms with Gasteiger partial charge in [0.1, 0.15) is 16.8 Å². The number of anilines is 1. The highest BCUT2D eigenvalue weighted by atomic mass is 19.4. The monoisotopic (exact) mass is 742 g/mol. The van der Waals surface area contributed by atoms with Gasteiger partial charge >= 0.3 is 24.5 Å². The number of hydrogen-bond acceptors (Lipinski definition) is 10. The van der Waals surface area contributed by atoms with E-state index in [2.05, 4.69) is 15.2 Å². The normalized spacial score (nSPS) is 19.4. The minimum atomic E-state index is -5.18. The third-order valence-electron chi connectivity index (χ3n) is 7.31. The molecule has 17 heteroatoms. The number of benzene rings is 1. The zero-order valence-electron chi connectivity index (χ0n) is 29.6. The molecule has 52 heavy (non-hydrogen) atoms. The van der Waals surface area contributed by atoms with Crippen LogP contribution in [0.2, 0.25) is 0 Å². The van der Waals surface area contributed by atoms with Gasteiger partial charge in [0.05, 0.1) is 18.4 Å². The number of nitrogens with zero attached hydrogens (tertiary/aromatic N) is 4. The lowest BCUT2D eigenvalue weighted by Crippen LogP contribution is -2.45. The van der Waals surface area contributed by atoms with Gasteiger partial charge in [0.25, 0.3) is 11.8 Å². The summed E-state index contributed by atoms with van der Waals surface area (Å²) in [5.41, 5.74) is -8.66. The number of pyridine rings is 1. The molecule has 2 atom stereocenters. The molecular weight excluding hydrogens is 702 g/mol. The van der Waals surface area contributed by atoms with Gasteiger partial charge in [-0.2, -0.15) is 31.2 Å². The third kappa shape index (κ3) is 9.80. The molecule has 0 saturated carbocycles. The van der Waals surface area contributed by atoms with E-state index in [0.29, 0.717) is 11.6 Å². The smallest absolute Gasteiger partial charge is 0.426 e. The first-order valence-corrected chi connectivity index (χ1v) is 16.3. The summed E-state index contributed by atoms with van der Waals surface area (Å²) in [7, 11) is 0. The van der Waals surface area contributed by atoms with E-state index >= 15 is 13.2 Å². The molecule has 284 valence electrons. The molecule has 0 aliphatic carbocycles. The Hall–Kier alpha value is -4.67. The predicted octanol–water partition coefficient (Wildman–Crippen LogP) is 9.70. The number of rotatable bonds is 4. The van der Waals surface area contributed by atoms with Crippen LogP contribution in [0.25, 0.3) is 11.6 Å². The van der Waals surface area contributed by atoms with Crippen molar-refractivity contribution < 1.29 is 59.3 Å². The molecule has 0 fully saturated rings. The van der Waals surface area contributed by atoms with E-state index < -0.39 is 95.1 Å². The highest BCUT2D eigenvalue weighted by Crippen LogP contribution is 2.48. The Labute approximate surface area is 296 Å². The number of halogens is 6. The molecule has 2 aromatic heterocycles. The van der Waals surface area contributed by atoms with Crippen LogP contribution in [-0.2, 0) is 32.6 Å². The zero-order valence-corrected chi connectivity index (χ0v) is 29.6. The maximum absolute atomic E-state index is 15.2. The maximum atomic E-state index is 15.2. The quantitative estimate of drug-likeness (QED) is 0.188. The van der Waals surface area contributed by atoms with Crippen molar-refractivity contribution >= 4 is 17.9 Å². The average Bonchev–Trinajstić information content (AvgIpc) is 3.48. The maximum Gasteiger partial charge on any atom is 0.426 e. The molecular formula is C35H40F6N4O7. The molecule has 4 bridgehead atoms. The van der Waals surface area contributed by atoms with Crippen molar-refractivity contribution in [3.8, 4) is 17.5 Å². The molecule has 3 aromatic rings. The number of ether oxygens (including phenoxy) is 4. The summed E-state index contributed by atoms with van der Waals surface area (Å²) in [6.07, 6.45) is -11.7. The summed E-state index contributed by atoms with van der Waals surface area (Å²) >= 11 is 0. The Bertz CT molecular complexity index is 1720. The van der Waals surface area contributed by atoms with Gasteiger partial charge in [-0.1, -0.05) is 42.5 Å². The number of carbonyl (C=O) groups excluding carboxylic acids is 2. The Kier molecular flexibility index (Phi) is 11.7. The fraction of sp³-hybridized carbons (Fsp3) is 0.514. The van der Waals surface area contributed by atoms with E-state index in [1.807, 2.05) is 0 Å². The van der Waals surface area contributed by atoms with E-state index in [9.17, 15) is 22.8 Å². The second-order valence-corrected chi connectivity index (χ2v) is 14.0. The Morgan fingerprint density at radius 2 is 1.50 bits per heavy atom. The van der Waals surface area contributed by atoms with E-state index in [4.69, 9.17) is 23.4 Å². The number of imide groups is 1. The fourth-order valence-corrected chi connectivity index (χ4v) is 4.94. The largest absolute Gasteiger partial charge is 0.474 e. The summed E-state index contributed by atoms with van der Waals surface area (Å²) in [4.78, 5) is 31.3. The van der Waals surface area contributed by atoms with Gasteiger partial charge < -0.3 is 23.4 Å². The van der Waals surface area contributed by atoms with Crippen LogP contribution in [0.4, 0.5) is 41.6 Å². The van der Waals surface area contributed by atoms with E-state index in [0.717, 1.165) is 0 Å². The zero-order chi connectivity index (χ0) is 38.7. The number of aromatic nitrogens is 3. The van der Waals surface area contributed by atoms with E-state index in [-0.39, 0.29) is 24.2 Å². The van der Waals surface area contributed by atoms with Crippen LogP contribution in [0, 0.1) is 0 Å². The van der Waals surface area contributed by atoms with Gasteiger partial charge in [-0.15, -0.1) is 10.2 Å². The van der Waals surface area contributed by atoms with E-state index in [1.165, 1.54) is 54.5 Å². The fourth-order valence-electron chi connectivity index (χ4n) is 4.94. The van der Waals surface area contributed by atoms with Crippen molar-refractivity contribution in [2.24, 2.45) is 0 Å². The lowest BCUT2D eigenvalue weighted by molar-refractivity contribution is -0.299. The molecule has 3 heterocycles. The van der Waals surface area contributed by atoms with Gasteiger partial charge in [-0.3, -0.25) is 0 Å². The molecule has 1 aliphatic heterocycles. The number of amides is 2. The van der Waals surface area contributed by atoms with Gasteiger partial charge in [0.2, 0.25) is 11.5 Å². The lowest BCUT2D eigenvalue weighted by Gasteiger charge is -2.32. The van der Waals surface area contributed by atoms with Crippen LogP contribution in [0.5, 0.6) is 5.88 Å². The SMILES string of the molecule is C[C@@H]1CC/C=C/CC[C@](OCc2ccccc2)(C(F)(F)F)c2nnc(o2)-c2nc(c(C(F)(F)F)cc2N(C(=O)OC(C)(C)C)C(=O)OC(C)(C)C)O1. The molecule has 0 unspecified atom stereocenters. The summed E-state index contributed by atoms with van der Waals surface area (Å²) < 4.78 is 117. The van der Waals surface area contributed by atoms with Crippen molar-refractivity contribution in [2.45, 2.75) is 116 Å². The summed E-state index contributed by atoms with van der Waals surface area (Å²) in [5.74, 6) is -3.01. The van der Waals surface area contributed by atoms with Crippen LogP contribution < -0.4 is 9.64 Å². The Balaban J connectivity index is 2.04. The first-order chi connectivity index (χ1) is 24.0. The van der Waals surface area contributed by atoms with E-state index in [1.54, 1.807) is 36.4 Å². The Morgan fingerprint density at radius 1 is 0.904 bits per heavy atom. The Morgan fingerprint density at radius 3 is 2.06 bits per heavy atom. The van der Waals surface area contributed by atoms with Gasteiger partial charge in [0, 0.05) is 0 Å². The first-order valence-electron chi connectivity index (χ1n) is 16.3. The number of alkyl halides is 6. The van der Waals surface area contributed by atoms with Crippen LogP contribution in [0.3, 0.4) is 0 Å². The van der Waals surface area contributed by atoms with Gasteiger partial charge in [-0.05, 0) is 85.8 Å². The van der Waals surface area contributed by atoms with Crippen LogP contribution in [0.1, 0.15) is 91.2 Å². The first kappa shape index (κ1) is 40.1. The number of allylic oxidation sites excluding steroid dienone is 2. The van der Waals surface area contributed by atoms with Crippen LogP contribution >= 0.6 is 0 Å². The highest BCUT2D eigenvalue weighted by molar-refractivity contribution is 6.11. The molecule has 0 N–H and O–H groups in total. The average molecular weight is 743 g/mol. The van der Waals surface area contributed by atoms with Crippen molar-refractivity contribution in [2.75, 3.05) is 4.90 Å². The number of fused-ring (bicyclic) bond motifs is 5.